The molecule has 2 rings (SSSR count). The van der Waals surface area contributed by atoms with E-state index in [-0.39, 0.29) is 0 Å². The highest BCUT2D eigenvalue weighted by Crippen LogP contribution is 2.15. The van der Waals surface area contributed by atoms with Gasteiger partial charge in [0.1, 0.15) is 18.2 Å². The highest BCUT2D eigenvalue weighted by atomic mass is 16.5. The monoisotopic (exact) mass is 239 g/mol. The summed E-state index contributed by atoms with van der Waals surface area (Å²) in [6.45, 7) is 0.450. The lowest BCUT2D eigenvalue weighted by Crippen LogP contribution is -1.98. The molecular weight excluding hydrogens is 226 g/mol. The number of nitrogens with one attached hydrogen (secondary N) is 1. The Morgan fingerprint density at radius 1 is 1.33 bits per heavy atom. The van der Waals surface area contributed by atoms with Crippen molar-refractivity contribution < 1.29 is 4.74 Å². The van der Waals surface area contributed by atoms with Crippen LogP contribution in [0.25, 0.3) is 0 Å². The molecule has 0 aliphatic carbocycles. The number of pyridine rings is 1. The van der Waals surface area contributed by atoms with Gasteiger partial charge in [-0.3, -0.25) is 0 Å². The van der Waals surface area contributed by atoms with Crippen molar-refractivity contribution in [2.45, 2.75) is 6.61 Å². The molecule has 0 atom stereocenters. The summed E-state index contributed by atoms with van der Waals surface area (Å²) in [7, 11) is 1.82. The van der Waals surface area contributed by atoms with Gasteiger partial charge in [0.25, 0.3) is 0 Å². The molecule has 0 radical (unpaired) electrons. The van der Waals surface area contributed by atoms with Crippen molar-refractivity contribution in [2.24, 2.45) is 0 Å². The minimum Gasteiger partial charge on any atom is -0.489 e. The van der Waals surface area contributed by atoms with Crippen molar-refractivity contribution in [2.75, 3.05) is 12.4 Å². The molecule has 0 saturated heterocycles. The summed E-state index contributed by atoms with van der Waals surface area (Å²) in [4.78, 5) is 4.13. The Bertz CT molecular complexity index is 575. The predicted molar refractivity (Wildman–Crippen MR) is 69.3 cm³/mol. The van der Waals surface area contributed by atoms with Crippen LogP contribution in [-0.2, 0) is 6.61 Å². The first-order valence-electron chi connectivity index (χ1n) is 5.57. The first kappa shape index (κ1) is 11.9. The molecule has 0 bridgehead atoms. The fraction of sp³-hybridized carbons (Fsp3) is 0.143. The van der Waals surface area contributed by atoms with Gasteiger partial charge in [-0.05, 0) is 35.9 Å². The highest BCUT2D eigenvalue weighted by molar-refractivity contribution is 5.38. The Balaban J connectivity index is 2.04. The summed E-state index contributed by atoms with van der Waals surface area (Å²) in [5.41, 5.74) is 1.62. The zero-order valence-electron chi connectivity index (χ0n) is 10.1. The lowest BCUT2D eigenvalue weighted by molar-refractivity contribution is 0.306. The van der Waals surface area contributed by atoms with Gasteiger partial charge in [-0.1, -0.05) is 6.07 Å². The molecule has 0 spiro atoms. The fourth-order valence-electron chi connectivity index (χ4n) is 1.52. The summed E-state index contributed by atoms with van der Waals surface area (Å²) in [6.07, 6.45) is 1.73. The fourth-order valence-corrected chi connectivity index (χ4v) is 1.52. The molecule has 2 aromatic rings. The van der Waals surface area contributed by atoms with Crippen molar-refractivity contribution in [3.8, 4) is 11.8 Å². The lowest BCUT2D eigenvalue weighted by atomic mass is 10.2. The van der Waals surface area contributed by atoms with Crippen molar-refractivity contribution in [1.82, 2.24) is 4.98 Å². The van der Waals surface area contributed by atoms with E-state index in [0.717, 1.165) is 11.4 Å². The van der Waals surface area contributed by atoms with Crippen LogP contribution < -0.4 is 10.1 Å². The average molecular weight is 239 g/mol. The van der Waals surface area contributed by atoms with Crippen LogP contribution in [0.3, 0.4) is 0 Å². The lowest BCUT2D eigenvalue weighted by Gasteiger charge is -2.07. The van der Waals surface area contributed by atoms with Gasteiger partial charge in [0.15, 0.2) is 0 Å². The number of nitriles is 1. The molecule has 0 aliphatic rings. The van der Waals surface area contributed by atoms with Crippen LogP contribution in [0.5, 0.6) is 5.75 Å². The van der Waals surface area contributed by atoms with Crippen LogP contribution in [0, 0.1) is 11.3 Å². The van der Waals surface area contributed by atoms with Crippen LogP contribution in [-0.4, -0.2) is 12.0 Å². The van der Waals surface area contributed by atoms with Gasteiger partial charge in [-0.15, -0.1) is 0 Å². The number of benzene rings is 1. The number of ether oxygens (including phenoxy) is 1. The molecule has 0 fully saturated rings. The van der Waals surface area contributed by atoms with Crippen molar-refractivity contribution >= 4 is 5.82 Å². The van der Waals surface area contributed by atoms with E-state index in [1.165, 1.54) is 0 Å². The molecule has 1 aromatic heterocycles. The summed E-state index contributed by atoms with van der Waals surface area (Å²) in [6, 6.07) is 13.0. The number of anilines is 1. The van der Waals surface area contributed by atoms with Gasteiger partial charge in [0, 0.05) is 13.2 Å². The molecule has 1 N–H and O–H groups in total. The maximum Gasteiger partial charge on any atom is 0.126 e. The van der Waals surface area contributed by atoms with Crippen molar-refractivity contribution in [3.05, 3.63) is 53.7 Å². The Hall–Kier alpha value is -2.54. The third-order valence-electron chi connectivity index (χ3n) is 2.45. The van der Waals surface area contributed by atoms with Gasteiger partial charge >= 0.3 is 0 Å². The maximum atomic E-state index is 8.79. The van der Waals surface area contributed by atoms with Crippen molar-refractivity contribution in [1.29, 1.82) is 5.26 Å². The molecule has 90 valence electrons. The molecular formula is C14H13N3O. The number of rotatable bonds is 4. The first-order valence-corrected chi connectivity index (χ1v) is 5.57. The molecule has 0 aliphatic heterocycles. The van der Waals surface area contributed by atoms with Gasteiger partial charge in [-0.25, -0.2) is 4.98 Å². The molecule has 0 saturated carbocycles. The Kier molecular flexibility index (Phi) is 3.77. The van der Waals surface area contributed by atoms with Crippen molar-refractivity contribution in [3.63, 3.8) is 0 Å². The molecule has 4 heteroatoms. The van der Waals surface area contributed by atoms with E-state index in [2.05, 4.69) is 16.4 Å². The Morgan fingerprint density at radius 2 is 2.22 bits per heavy atom. The SMILES string of the molecule is CNc1cc(COc2cccc(C#N)c2)ccn1. The molecule has 0 unspecified atom stereocenters. The minimum absolute atomic E-state index is 0.450. The van der Waals surface area contributed by atoms with E-state index in [0.29, 0.717) is 17.9 Å². The topological polar surface area (TPSA) is 57.9 Å². The largest absolute Gasteiger partial charge is 0.489 e. The Morgan fingerprint density at radius 3 is 3.00 bits per heavy atom. The molecule has 0 amide bonds. The predicted octanol–water partition coefficient (Wildman–Crippen LogP) is 2.57. The van der Waals surface area contributed by atoms with Crippen LogP contribution in [0.2, 0.25) is 0 Å². The van der Waals surface area contributed by atoms with E-state index >= 15 is 0 Å². The molecule has 4 nitrogen and oxygen atoms in total. The van der Waals surface area contributed by atoms with Gasteiger partial charge in [0.05, 0.1) is 11.6 Å². The number of aromatic nitrogens is 1. The minimum atomic E-state index is 0.450. The van der Waals surface area contributed by atoms with Crippen LogP contribution in [0.4, 0.5) is 5.82 Å². The zero-order valence-corrected chi connectivity index (χ0v) is 10.1. The van der Waals surface area contributed by atoms with E-state index < -0.39 is 0 Å². The van der Waals surface area contributed by atoms with E-state index in [1.54, 1.807) is 24.4 Å². The van der Waals surface area contributed by atoms with Crippen LogP contribution in [0.1, 0.15) is 11.1 Å². The second kappa shape index (κ2) is 5.69. The summed E-state index contributed by atoms with van der Waals surface area (Å²) >= 11 is 0. The summed E-state index contributed by atoms with van der Waals surface area (Å²) in [5, 5.41) is 11.8. The third kappa shape index (κ3) is 2.98. The first-order chi connectivity index (χ1) is 8.81. The molecule has 1 aromatic carbocycles. The average Bonchev–Trinajstić information content (AvgIpc) is 2.45. The van der Waals surface area contributed by atoms with Gasteiger partial charge < -0.3 is 10.1 Å². The third-order valence-corrected chi connectivity index (χ3v) is 2.45. The van der Waals surface area contributed by atoms with Gasteiger partial charge in [-0.2, -0.15) is 5.26 Å². The number of nitrogens with zero attached hydrogens (tertiary/aromatic N) is 2. The second-order valence-electron chi connectivity index (χ2n) is 3.73. The number of hydrogen-bond acceptors (Lipinski definition) is 4. The van der Waals surface area contributed by atoms with E-state index in [4.69, 9.17) is 10.00 Å². The highest BCUT2D eigenvalue weighted by Gasteiger charge is 1.99. The van der Waals surface area contributed by atoms with E-state index in [9.17, 15) is 0 Å². The molecule has 18 heavy (non-hydrogen) atoms. The summed E-state index contributed by atoms with van der Waals surface area (Å²) in [5.74, 6) is 1.50. The number of hydrogen-bond donors (Lipinski definition) is 1. The van der Waals surface area contributed by atoms with Crippen LogP contribution >= 0.6 is 0 Å². The zero-order chi connectivity index (χ0) is 12.8. The van der Waals surface area contributed by atoms with Gasteiger partial charge in [0.2, 0.25) is 0 Å². The van der Waals surface area contributed by atoms with E-state index in [1.807, 2.05) is 25.2 Å². The summed E-state index contributed by atoms with van der Waals surface area (Å²) < 4.78 is 5.63. The molecule has 1 heterocycles. The quantitative estimate of drug-likeness (QED) is 0.890. The smallest absolute Gasteiger partial charge is 0.126 e. The maximum absolute atomic E-state index is 8.79. The normalized spacial score (nSPS) is 9.56. The Labute approximate surface area is 106 Å². The standard InChI is InChI=1S/C14H13N3O/c1-16-14-8-12(5-6-17-14)10-18-13-4-2-3-11(7-13)9-15/h2-8H,10H2,1H3,(H,16,17). The van der Waals surface area contributed by atoms with Crippen LogP contribution in [0.15, 0.2) is 42.6 Å². The second-order valence-corrected chi connectivity index (χ2v) is 3.73.